The predicted molar refractivity (Wildman–Crippen MR) is 135 cm³/mol. The lowest BCUT2D eigenvalue weighted by atomic mass is 10.00. The lowest BCUT2D eigenvalue weighted by Gasteiger charge is -2.41. The van der Waals surface area contributed by atoms with Gasteiger partial charge in [-0.1, -0.05) is 17.4 Å². The average molecular weight is 495 g/mol. The Morgan fingerprint density at radius 1 is 1.14 bits per heavy atom. The average Bonchev–Trinajstić information content (AvgIpc) is 3.46. The van der Waals surface area contributed by atoms with Gasteiger partial charge in [0, 0.05) is 75.4 Å². The summed E-state index contributed by atoms with van der Waals surface area (Å²) in [6.45, 7) is 7.76. The molecule has 0 bridgehead atoms. The Morgan fingerprint density at radius 2 is 1.97 bits per heavy atom. The summed E-state index contributed by atoms with van der Waals surface area (Å²) in [6, 6.07) is 7.64. The number of benzene rings is 1. The van der Waals surface area contributed by atoms with Crippen LogP contribution in [0.2, 0.25) is 0 Å². The molecule has 35 heavy (non-hydrogen) atoms. The maximum absolute atomic E-state index is 12.9. The number of amides is 2. The van der Waals surface area contributed by atoms with Crippen molar-refractivity contribution in [2.24, 2.45) is 11.7 Å². The van der Waals surface area contributed by atoms with Crippen LogP contribution in [0.1, 0.15) is 20.9 Å². The van der Waals surface area contributed by atoms with Crippen molar-refractivity contribution in [2.45, 2.75) is 19.6 Å². The van der Waals surface area contributed by atoms with E-state index in [9.17, 15) is 9.59 Å². The molecule has 2 aromatic heterocycles. The first-order chi connectivity index (χ1) is 17.0. The number of nitrogens with zero attached hydrogens (tertiary/aromatic N) is 5. The molecule has 0 radical (unpaired) electrons. The molecule has 10 heteroatoms. The molecule has 0 spiro atoms. The number of ether oxygens (including phenoxy) is 1. The number of piperazine rings is 1. The zero-order valence-corrected chi connectivity index (χ0v) is 20.5. The summed E-state index contributed by atoms with van der Waals surface area (Å²) >= 11 is 1.73. The van der Waals surface area contributed by atoms with Crippen LogP contribution in [-0.2, 0) is 29.1 Å². The third kappa shape index (κ3) is 4.53. The van der Waals surface area contributed by atoms with E-state index in [1.807, 2.05) is 17.0 Å². The number of likely N-dealkylation sites (tertiary alicyclic amines) is 1. The minimum atomic E-state index is -0.408. The summed E-state index contributed by atoms with van der Waals surface area (Å²) in [5.74, 6) is 0.300. The second kappa shape index (κ2) is 9.25. The van der Waals surface area contributed by atoms with Crippen molar-refractivity contribution in [2.75, 3.05) is 57.3 Å². The summed E-state index contributed by atoms with van der Waals surface area (Å²) in [7, 11) is 0. The molecular weight excluding hydrogens is 464 g/mol. The Balaban J connectivity index is 0.975. The van der Waals surface area contributed by atoms with Gasteiger partial charge in [0.15, 0.2) is 5.13 Å². The molecular formula is C25H30N6O3S. The first kappa shape index (κ1) is 22.5. The van der Waals surface area contributed by atoms with Gasteiger partial charge in [-0.25, -0.2) is 4.98 Å². The third-order valence-electron chi connectivity index (χ3n) is 7.29. The zero-order chi connectivity index (χ0) is 23.9. The van der Waals surface area contributed by atoms with E-state index in [-0.39, 0.29) is 5.91 Å². The number of carbonyl (C=O) groups excluding carboxylic acids is 2. The molecule has 0 aliphatic carbocycles. The molecule has 0 saturated carbocycles. The number of primary amides is 1. The fourth-order valence-electron chi connectivity index (χ4n) is 5.28. The van der Waals surface area contributed by atoms with Gasteiger partial charge < -0.3 is 24.8 Å². The maximum atomic E-state index is 12.9. The van der Waals surface area contributed by atoms with E-state index in [0.29, 0.717) is 24.6 Å². The predicted octanol–water partition coefficient (Wildman–Crippen LogP) is 1.55. The standard InChI is InChI=1S/C25H30N6O3S/c26-24(33)19-2-1-18-3-5-31(21(18)11-19)14-17-12-28(13-17)15-23(32)29-6-8-30(9-7-29)25-27-20-4-10-34-16-22(20)35-25/h1-3,5,11,17H,4,6-10,12-16H2,(H2,26,33). The number of fused-ring (bicyclic) bond motifs is 2. The number of aromatic nitrogens is 2. The van der Waals surface area contributed by atoms with Crippen molar-refractivity contribution < 1.29 is 14.3 Å². The Morgan fingerprint density at radius 3 is 2.74 bits per heavy atom. The van der Waals surface area contributed by atoms with Gasteiger partial charge in [0.2, 0.25) is 11.8 Å². The van der Waals surface area contributed by atoms with E-state index >= 15 is 0 Å². The molecule has 3 aromatic rings. The normalized spacial score (nSPS) is 19.1. The molecule has 2 amide bonds. The molecule has 6 rings (SSSR count). The molecule has 3 aliphatic rings. The molecule has 0 atom stereocenters. The van der Waals surface area contributed by atoms with Gasteiger partial charge in [0.1, 0.15) is 0 Å². The summed E-state index contributed by atoms with van der Waals surface area (Å²) in [5, 5.41) is 2.17. The van der Waals surface area contributed by atoms with E-state index < -0.39 is 5.91 Å². The fourth-order valence-corrected chi connectivity index (χ4v) is 6.38. The quantitative estimate of drug-likeness (QED) is 0.559. The third-order valence-corrected chi connectivity index (χ3v) is 8.42. The van der Waals surface area contributed by atoms with E-state index in [2.05, 4.69) is 26.6 Å². The molecule has 0 unspecified atom stereocenters. The number of nitrogens with two attached hydrogens (primary N) is 1. The summed E-state index contributed by atoms with van der Waals surface area (Å²) in [6.07, 6.45) is 2.96. The smallest absolute Gasteiger partial charge is 0.248 e. The molecule has 2 fully saturated rings. The van der Waals surface area contributed by atoms with Crippen LogP contribution >= 0.6 is 11.3 Å². The second-order valence-electron chi connectivity index (χ2n) is 9.70. The van der Waals surface area contributed by atoms with Crippen molar-refractivity contribution in [3.63, 3.8) is 0 Å². The van der Waals surface area contributed by atoms with Crippen LogP contribution in [0, 0.1) is 5.92 Å². The number of carbonyl (C=O) groups is 2. The van der Waals surface area contributed by atoms with Gasteiger partial charge in [-0.3, -0.25) is 14.5 Å². The first-order valence-electron chi connectivity index (χ1n) is 12.2. The van der Waals surface area contributed by atoms with Crippen molar-refractivity contribution in [3.8, 4) is 0 Å². The van der Waals surface area contributed by atoms with Crippen LogP contribution in [0.25, 0.3) is 10.9 Å². The lowest BCUT2D eigenvalue weighted by Crippen LogP contribution is -2.55. The largest absolute Gasteiger partial charge is 0.375 e. The number of hydrogen-bond donors (Lipinski definition) is 1. The molecule has 9 nitrogen and oxygen atoms in total. The summed E-state index contributed by atoms with van der Waals surface area (Å²) < 4.78 is 7.73. The molecule has 2 N–H and O–H groups in total. The van der Waals surface area contributed by atoms with Gasteiger partial charge in [0.05, 0.1) is 30.3 Å². The van der Waals surface area contributed by atoms with E-state index in [1.54, 1.807) is 17.4 Å². The highest BCUT2D eigenvalue weighted by molar-refractivity contribution is 7.15. The minimum absolute atomic E-state index is 0.215. The molecule has 2 saturated heterocycles. The highest BCUT2D eigenvalue weighted by Gasteiger charge is 2.31. The van der Waals surface area contributed by atoms with Gasteiger partial charge in [-0.2, -0.15) is 0 Å². The van der Waals surface area contributed by atoms with Crippen LogP contribution in [0.3, 0.4) is 0 Å². The number of anilines is 1. The van der Waals surface area contributed by atoms with Crippen molar-refractivity contribution in [3.05, 3.63) is 46.6 Å². The molecule has 184 valence electrons. The molecule has 3 aliphatic heterocycles. The highest BCUT2D eigenvalue weighted by Crippen LogP contribution is 2.30. The van der Waals surface area contributed by atoms with Gasteiger partial charge >= 0.3 is 0 Å². The second-order valence-corrected chi connectivity index (χ2v) is 10.8. The monoisotopic (exact) mass is 494 g/mol. The fraction of sp³-hybridized carbons (Fsp3) is 0.480. The van der Waals surface area contributed by atoms with Crippen LogP contribution in [-0.4, -0.2) is 83.6 Å². The Bertz CT molecular complexity index is 1230. The van der Waals surface area contributed by atoms with Gasteiger partial charge in [0.25, 0.3) is 0 Å². The SMILES string of the molecule is NC(=O)c1ccc2ccn(CC3CN(CC(=O)N4CCN(c5nc6c(s5)COCC6)CC4)C3)c2c1. The zero-order valence-electron chi connectivity index (χ0n) is 19.7. The van der Waals surface area contributed by atoms with Crippen LogP contribution in [0.4, 0.5) is 5.13 Å². The van der Waals surface area contributed by atoms with Crippen LogP contribution < -0.4 is 10.6 Å². The molecule has 5 heterocycles. The lowest BCUT2D eigenvalue weighted by molar-refractivity contribution is -0.134. The van der Waals surface area contributed by atoms with Crippen molar-refractivity contribution in [1.29, 1.82) is 0 Å². The number of rotatable bonds is 6. The minimum Gasteiger partial charge on any atom is -0.375 e. The summed E-state index contributed by atoms with van der Waals surface area (Å²) in [4.78, 5) is 37.0. The van der Waals surface area contributed by atoms with Crippen LogP contribution in [0.5, 0.6) is 0 Å². The Hall–Kier alpha value is -2.95. The molecule has 1 aromatic carbocycles. The number of thiazole rings is 1. The van der Waals surface area contributed by atoms with E-state index in [0.717, 1.165) is 74.9 Å². The van der Waals surface area contributed by atoms with Gasteiger partial charge in [-0.15, -0.1) is 0 Å². The number of hydrogen-bond acceptors (Lipinski definition) is 7. The Kier molecular flexibility index (Phi) is 5.95. The topological polar surface area (TPSA) is 96.9 Å². The van der Waals surface area contributed by atoms with Gasteiger partial charge in [-0.05, 0) is 23.6 Å². The summed E-state index contributed by atoms with van der Waals surface area (Å²) in [5.41, 5.74) is 8.19. The van der Waals surface area contributed by atoms with Crippen molar-refractivity contribution in [1.82, 2.24) is 19.4 Å². The Labute approximate surface area is 208 Å². The van der Waals surface area contributed by atoms with E-state index in [1.165, 1.54) is 10.6 Å². The maximum Gasteiger partial charge on any atom is 0.248 e. The van der Waals surface area contributed by atoms with Crippen molar-refractivity contribution >= 4 is 39.2 Å². The van der Waals surface area contributed by atoms with E-state index in [4.69, 9.17) is 15.5 Å². The highest BCUT2D eigenvalue weighted by atomic mass is 32.1. The first-order valence-corrected chi connectivity index (χ1v) is 13.1. The van der Waals surface area contributed by atoms with Crippen LogP contribution in [0.15, 0.2) is 30.5 Å².